The molecule has 2 amide bonds. The topological polar surface area (TPSA) is 66.8 Å². The van der Waals surface area contributed by atoms with Crippen LogP contribution in [0.25, 0.3) is 21.8 Å². The molecule has 3 aromatic carbocycles. The van der Waals surface area contributed by atoms with E-state index in [1.165, 1.54) is 21.8 Å². The third-order valence-electron chi connectivity index (χ3n) is 8.37. The Labute approximate surface area is 249 Å². The van der Waals surface area contributed by atoms with Crippen LogP contribution in [0.1, 0.15) is 51.5 Å². The molecule has 1 N–H and O–H groups in total. The van der Waals surface area contributed by atoms with Gasteiger partial charge in [-0.2, -0.15) is 0 Å². The molecule has 1 aliphatic heterocycles. The van der Waals surface area contributed by atoms with Crippen LogP contribution in [0, 0.1) is 0 Å². The summed E-state index contributed by atoms with van der Waals surface area (Å²) in [6.07, 6.45) is 3.79. The van der Waals surface area contributed by atoms with Crippen molar-refractivity contribution in [2.24, 2.45) is 0 Å². The Kier molecular flexibility index (Phi) is 10.1. The third-order valence-corrected chi connectivity index (χ3v) is 8.37. The number of ether oxygens (including phenoxy) is 1. The van der Waals surface area contributed by atoms with Gasteiger partial charge in [-0.3, -0.25) is 9.69 Å². The fourth-order valence-electron chi connectivity index (χ4n) is 6.47. The average molecular weight is 569 g/mol. The van der Waals surface area contributed by atoms with Crippen LogP contribution in [0.2, 0.25) is 0 Å². The zero-order valence-electron chi connectivity index (χ0n) is 25.0. The van der Waals surface area contributed by atoms with Crippen molar-refractivity contribution in [3.05, 3.63) is 84.4 Å². The zero-order chi connectivity index (χ0) is 29.3. The largest absolute Gasteiger partial charge is 0.445 e. The van der Waals surface area contributed by atoms with Gasteiger partial charge in [0, 0.05) is 73.0 Å². The summed E-state index contributed by atoms with van der Waals surface area (Å²) >= 11 is 0. The standard InChI is InChI=1S/C35H44N4O3/c1-27-24-37(22-13-23-38-32-18-10-8-16-30(32)31-17-9-11-19-33(31)38)25-28(2)39(27)34(40)20-7-4-12-21-36-35(41)42-26-29-14-5-3-6-15-29/h3,5-6,8-11,14-19,27-28H,4,7,12-13,20-26H2,1-2H3,(H,36,41)/t27-,28+. The minimum atomic E-state index is -0.398. The summed E-state index contributed by atoms with van der Waals surface area (Å²) in [6, 6.07) is 27.4. The highest BCUT2D eigenvalue weighted by atomic mass is 16.5. The van der Waals surface area contributed by atoms with E-state index in [4.69, 9.17) is 4.74 Å². The maximum Gasteiger partial charge on any atom is 0.407 e. The number of nitrogens with zero attached hydrogens (tertiary/aromatic N) is 3. The summed E-state index contributed by atoms with van der Waals surface area (Å²) in [4.78, 5) is 29.6. The molecule has 42 heavy (non-hydrogen) atoms. The first-order valence-corrected chi connectivity index (χ1v) is 15.5. The molecule has 0 bridgehead atoms. The Balaban J connectivity index is 0.999. The number of amides is 2. The molecule has 7 heteroatoms. The monoisotopic (exact) mass is 568 g/mol. The molecule has 0 saturated carbocycles. The molecule has 1 fully saturated rings. The second-order valence-corrected chi connectivity index (χ2v) is 11.6. The lowest BCUT2D eigenvalue weighted by molar-refractivity contribution is -0.139. The van der Waals surface area contributed by atoms with Gasteiger partial charge in [-0.25, -0.2) is 4.79 Å². The highest BCUT2D eigenvalue weighted by Gasteiger charge is 2.32. The van der Waals surface area contributed by atoms with Gasteiger partial charge in [0.15, 0.2) is 0 Å². The van der Waals surface area contributed by atoms with Crippen molar-refractivity contribution in [3.63, 3.8) is 0 Å². The van der Waals surface area contributed by atoms with Crippen molar-refractivity contribution in [1.29, 1.82) is 0 Å². The molecule has 1 aromatic heterocycles. The number of benzene rings is 3. The number of alkyl carbamates (subject to hydrolysis) is 1. The van der Waals surface area contributed by atoms with Crippen molar-refractivity contribution in [2.45, 2.75) is 71.2 Å². The number of fused-ring (bicyclic) bond motifs is 3. The van der Waals surface area contributed by atoms with Crippen LogP contribution in [-0.4, -0.2) is 64.6 Å². The number of nitrogens with one attached hydrogen (secondary N) is 1. The Morgan fingerprint density at radius 2 is 1.38 bits per heavy atom. The predicted molar refractivity (Wildman–Crippen MR) is 169 cm³/mol. The van der Waals surface area contributed by atoms with E-state index in [9.17, 15) is 9.59 Å². The molecule has 222 valence electrons. The number of hydrogen-bond acceptors (Lipinski definition) is 4. The van der Waals surface area contributed by atoms with Crippen LogP contribution in [0.15, 0.2) is 78.9 Å². The second kappa shape index (κ2) is 14.4. The van der Waals surface area contributed by atoms with Crippen molar-refractivity contribution in [1.82, 2.24) is 19.7 Å². The predicted octanol–water partition coefficient (Wildman–Crippen LogP) is 6.59. The first-order valence-electron chi connectivity index (χ1n) is 15.5. The van der Waals surface area contributed by atoms with Gasteiger partial charge >= 0.3 is 6.09 Å². The number of carbonyl (C=O) groups excluding carboxylic acids is 2. The Hall–Kier alpha value is -3.84. The zero-order valence-corrected chi connectivity index (χ0v) is 25.0. The Morgan fingerprint density at radius 3 is 2.05 bits per heavy atom. The van der Waals surface area contributed by atoms with E-state index in [1.807, 2.05) is 30.3 Å². The molecule has 0 unspecified atom stereocenters. The van der Waals surface area contributed by atoms with Gasteiger partial charge in [-0.1, -0.05) is 73.2 Å². The second-order valence-electron chi connectivity index (χ2n) is 11.6. The van der Waals surface area contributed by atoms with E-state index in [0.717, 1.165) is 57.4 Å². The normalized spacial score (nSPS) is 17.5. The summed E-state index contributed by atoms with van der Waals surface area (Å²) in [5.74, 6) is 0.246. The fourth-order valence-corrected chi connectivity index (χ4v) is 6.47. The smallest absolute Gasteiger partial charge is 0.407 e. The molecule has 2 atom stereocenters. The van der Waals surface area contributed by atoms with Gasteiger partial charge in [0.25, 0.3) is 0 Å². The number of rotatable bonds is 12. The van der Waals surface area contributed by atoms with Crippen LogP contribution in [0.3, 0.4) is 0 Å². The molecule has 5 rings (SSSR count). The third kappa shape index (κ3) is 7.32. The molecule has 1 aliphatic rings. The summed E-state index contributed by atoms with van der Waals surface area (Å²) in [6.45, 7) is 9.02. The van der Waals surface area contributed by atoms with Crippen LogP contribution in [0.4, 0.5) is 4.79 Å². The molecule has 1 saturated heterocycles. The Bertz CT molecular complexity index is 1400. The Morgan fingerprint density at radius 1 is 0.762 bits per heavy atom. The van der Waals surface area contributed by atoms with Crippen LogP contribution in [-0.2, 0) is 22.7 Å². The van der Waals surface area contributed by atoms with Crippen LogP contribution < -0.4 is 5.32 Å². The summed E-state index contributed by atoms with van der Waals surface area (Å²) in [5.41, 5.74) is 3.57. The van der Waals surface area contributed by atoms with E-state index >= 15 is 0 Å². The SMILES string of the molecule is C[C@@H]1CN(CCCn2c3ccccc3c3ccccc32)C[C@H](C)N1C(=O)CCCCCNC(=O)OCc1ccccc1. The maximum atomic E-state index is 13.1. The number of piperazine rings is 1. The van der Waals surface area contributed by atoms with Crippen molar-refractivity contribution in [2.75, 3.05) is 26.2 Å². The summed E-state index contributed by atoms with van der Waals surface area (Å²) in [7, 11) is 0. The quantitative estimate of drug-likeness (QED) is 0.196. The van der Waals surface area contributed by atoms with Crippen molar-refractivity contribution >= 4 is 33.8 Å². The number of aromatic nitrogens is 1. The first-order chi connectivity index (χ1) is 20.5. The molecule has 2 heterocycles. The number of hydrogen-bond donors (Lipinski definition) is 1. The molecule has 0 spiro atoms. The van der Waals surface area contributed by atoms with Crippen molar-refractivity contribution in [3.8, 4) is 0 Å². The molecule has 0 aliphatic carbocycles. The summed E-state index contributed by atoms with van der Waals surface area (Å²) < 4.78 is 7.70. The van der Waals surface area contributed by atoms with Gasteiger partial charge in [-0.05, 0) is 50.8 Å². The molecule has 4 aromatic rings. The lowest BCUT2D eigenvalue weighted by atomic mass is 10.1. The van der Waals surface area contributed by atoms with Gasteiger partial charge in [0.05, 0.1) is 0 Å². The summed E-state index contributed by atoms with van der Waals surface area (Å²) in [5, 5.41) is 5.44. The van der Waals surface area contributed by atoms with Gasteiger partial charge < -0.3 is 19.5 Å². The lowest BCUT2D eigenvalue weighted by Gasteiger charge is -2.44. The number of aryl methyl sites for hydroxylation is 1. The lowest BCUT2D eigenvalue weighted by Crippen LogP contribution is -2.58. The maximum absolute atomic E-state index is 13.1. The van der Waals surface area contributed by atoms with Gasteiger partial charge in [0.1, 0.15) is 6.61 Å². The van der Waals surface area contributed by atoms with Crippen molar-refractivity contribution < 1.29 is 14.3 Å². The van der Waals surface area contributed by atoms with E-state index in [1.54, 1.807) is 0 Å². The fraction of sp³-hybridized carbons (Fsp3) is 0.429. The minimum Gasteiger partial charge on any atom is -0.445 e. The van der Waals surface area contributed by atoms with E-state index in [0.29, 0.717) is 13.0 Å². The first kappa shape index (κ1) is 29.6. The van der Waals surface area contributed by atoms with Gasteiger partial charge in [0.2, 0.25) is 5.91 Å². The van der Waals surface area contributed by atoms with Crippen LogP contribution >= 0.6 is 0 Å². The highest BCUT2D eigenvalue weighted by Crippen LogP contribution is 2.29. The van der Waals surface area contributed by atoms with E-state index in [-0.39, 0.29) is 24.6 Å². The number of unbranched alkanes of at least 4 members (excludes halogenated alkanes) is 2. The molecular weight excluding hydrogens is 524 g/mol. The average Bonchev–Trinajstić information content (AvgIpc) is 3.31. The van der Waals surface area contributed by atoms with E-state index < -0.39 is 6.09 Å². The minimum absolute atomic E-state index is 0.204. The molecular formula is C35H44N4O3. The van der Waals surface area contributed by atoms with Crippen LogP contribution in [0.5, 0.6) is 0 Å². The van der Waals surface area contributed by atoms with E-state index in [2.05, 4.69) is 82.1 Å². The van der Waals surface area contributed by atoms with Gasteiger partial charge in [-0.15, -0.1) is 0 Å². The molecule has 7 nitrogen and oxygen atoms in total. The number of carbonyl (C=O) groups is 2. The molecule has 0 radical (unpaired) electrons. The highest BCUT2D eigenvalue weighted by molar-refractivity contribution is 6.07. The number of para-hydroxylation sites is 2.